The third kappa shape index (κ3) is 2.36. The Kier molecular flexibility index (Phi) is 2.73. The molecule has 2 atom stereocenters. The summed E-state index contributed by atoms with van der Waals surface area (Å²) in [7, 11) is 1.95. The van der Waals surface area contributed by atoms with Crippen LogP contribution < -0.4 is 11.1 Å². The summed E-state index contributed by atoms with van der Waals surface area (Å²) in [6.45, 7) is 0.632. The summed E-state index contributed by atoms with van der Waals surface area (Å²) in [6.07, 6.45) is 5.24. The molecular weight excluding hydrogens is 192 g/mol. The number of aryl methyl sites for hydroxylation is 1. The maximum Gasteiger partial charge on any atom is 0.224 e. The summed E-state index contributed by atoms with van der Waals surface area (Å²) < 4.78 is 1.95. The monoisotopic (exact) mass is 208 g/mol. The van der Waals surface area contributed by atoms with Crippen LogP contribution in [0.25, 0.3) is 0 Å². The van der Waals surface area contributed by atoms with Crippen LogP contribution >= 0.6 is 0 Å². The van der Waals surface area contributed by atoms with Gasteiger partial charge in [0.25, 0.3) is 0 Å². The Morgan fingerprint density at radius 1 is 1.80 bits per heavy atom. The van der Waals surface area contributed by atoms with Crippen LogP contribution in [0.5, 0.6) is 0 Å². The fourth-order valence-electron chi connectivity index (χ4n) is 1.58. The molecule has 0 bridgehead atoms. The number of nitrogens with two attached hydrogens (primary N) is 1. The maximum atomic E-state index is 11.4. The molecule has 0 spiro atoms. The first-order valence-corrected chi connectivity index (χ1v) is 5.18. The molecule has 2 unspecified atom stereocenters. The topological polar surface area (TPSA) is 72.9 Å². The number of rotatable bonds is 4. The van der Waals surface area contributed by atoms with Crippen molar-refractivity contribution in [3.8, 4) is 0 Å². The minimum atomic E-state index is 0.0476. The first-order chi connectivity index (χ1) is 7.18. The number of imidazole rings is 1. The van der Waals surface area contributed by atoms with Crippen molar-refractivity contribution in [2.75, 3.05) is 6.54 Å². The molecule has 3 N–H and O–H groups in total. The van der Waals surface area contributed by atoms with Gasteiger partial charge in [0.1, 0.15) is 5.82 Å². The van der Waals surface area contributed by atoms with Crippen molar-refractivity contribution in [3.63, 3.8) is 0 Å². The molecule has 1 aliphatic carbocycles. The molecule has 0 saturated heterocycles. The van der Waals surface area contributed by atoms with Crippen molar-refractivity contribution in [2.45, 2.75) is 18.9 Å². The SMILES string of the molecule is Cn1ccnc1CCNC(=O)C1CC1N. The molecule has 1 heterocycles. The Morgan fingerprint density at radius 2 is 2.53 bits per heavy atom. The van der Waals surface area contributed by atoms with Crippen LogP contribution in [0.2, 0.25) is 0 Å². The van der Waals surface area contributed by atoms with E-state index < -0.39 is 0 Å². The summed E-state index contributed by atoms with van der Waals surface area (Å²) in [6, 6.07) is 0.0816. The van der Waals surface area contributed by atoms with E-state index in [1.807, 2.05) is 17.8 Å². The molecule has 1 aromatic heterocycles. The van der Waals surface area contributed by atoms with Crippen LogP contribution in [0.15, 0.2) is 12.4 Å². The third-order valence-electron chi connectivity index (χ3n) is 2.75. The van der Waals surface area contributed by atoms with Crippen LogP contribution in [-0.2, 0) is 18.3 Å². The van der Waals surface area contributed by atoms with E-state index in [2.05, 4.69) is 10.3 Å². The zero-order valence-electron chi connectivity index (χ0n) is 8.81. The van der Waals surface area contributed by atoms with Crippen molar-refractivity contribution >= 4 is 5.91 Å². The number of amides is 1. The van der Waals surface area contributed by atoms with E-state index in [0.717, 1.165) is 18.7 Å². The van der Waals surface area contributed by atoms with E-state index in [9.17, 15) is 4.79 Å². The molecule has 1 saturated carbocycles. The minimum Gasteiger partial charge on any atom is -0.355 e. The van der Waals surface area contributed by atoms with Gasteiger partial charge >= 0.3 is 0 Å². The molecule has 5 heteroatoms. The highest BCUT2D eigenvalue weighted by molar-refractivity contribution is 5.82. The molecule has 0 aliphatic heterocycles. The van der Waals surface area contributed by atoms with E-state index in [-0.39, 0.29) is 17.9 Å². The molecule has 0 radical (unpaired) electrons. The predicted molar refractivity (Wildman–Crippen MR) is 56.0 cm³/mol. The van der Waals surface area contributed by atoms with Gasteiger partial charge in [-0.15, -0.1) is 0 Å². The van der Waals surface area contributed by atoms with Crippen molar-refractivity contribution in [1.82, 2.24) is 14.9 Å². The van der Waals surface area contributed by atoms with Crippen molar-refractivity contribution in [1.29, 1.82) is 0 Å². The summed E-state index contributed by atoms with van der Waals surface area (Å²) in [4.78, 5) is 15.6. The maximum absolute atomic E-state index is 11.4. The molecule has 5 nitrogen and oxygen atoms in total. The fourth-order valence-corrected chi connectivity index (χ4v) is 1.58. The highest BCUT2D eigenvalue weighted by atomic mass is 16.2. The van der Waals surface area contributed by atoms with Crippen LogP contribution in [-0.4, -0.2) is 28.0 Å². The average Bonchev–Trinajstić information content (AvgIpc) is 2.80. The van der Waals surface area contributed by atoms with Gasteiger partial charge in [-0.1, -0.05) is 0 Å². The average molecular weight is 208 g/mol. The Morgan fingerprint density at radius 3 is 3.07 bits per heavy atom. The van der Waals surface area contributed by atoms with E-state index in [4.69, 9.17) is 5.73 Å². The number of nitrogens with zero attached hydrogens (tertiary/aromatic N) is 2. The number of nitrogens with one attached hydrogen (secondary N) is 1. The molecule has 1 aromatic rings. The second kappa shape index (κ2) is 4.02. The fraction of sp³-hybridized carbons (Fsp3) is 0.600. The molecule has 1 amide bonds. The van der Waals surface area contributed by atoms with Gasteiger partial charge in [0.15, 0.2) is 0 Å². The largest absolute Gasteiger partial charge is 0.355 e. The standard InChI is InChI=1S/C10H16N4O/c1-14-5-4-12-9(14)2-3-13-10(15)7-6-8(7)11/h4-5,7-8H,2-3,6,11H2,1H3,(H,13,15). The van der Waals surface area contributed by atoms with Crippen LogP contribution in [0.1, 0.15) is 12.2 Å². The zero-order valence-corrected chi connectivity index (χ0v) is 8.81. The van der Waals surface area contributed by atoms with Crippen LogP contribution in [0.4, 0.5) is 0 Å². The van der Waals surface area contributed by atoms with E-state index >= 15 is 0 Å². The number of carbonyl (C=O) groups excluding carboxylic acids is 1. The van der Waals surface area contributed by atoms with Gasteiger partial charge in [-0.25, -0.2) is 4.98 Å². The lowest BCUT2D eigenvalue weighted by Gasteiger charge is -2.04. The van der Waals surface area contributed by atoms with Crippen molar-refractivity contribution in [2.24, 2.45) is 18.7 Å². The smallest absolute Gasteiger partial charge is 0.224 e. The number of hydrogen-bond acceptors (Lipinski definition) is 3. The van der Waals surface area contributed by atoms with Crippen LogP contribution in [0.3, 0.4) is 0 Å². The van der Waals surface area contributed by atoms with Gasteiger partial charge in [0.05, 0.1) is 5.92 Å². The van der Waals surface area contributed by atoms with Crippen LogP contribution in [0, 0.1) is 5.92 Å². The van der Waals surface area contributed by atoms with E-state index in [1.165, 1.54) is 0 Å². The molecular formula is C10H16N4O. The second-order valence-electron chi connectivity index (χ2n) is 4.00. The lowest BCUT2D eigenvalue weighted by molar-refractivity contribution is -0.122. The van der Waals surface area contributed by atoms with Crippen molar-refractivity contribution in [3.05, 3.63) is 18.2 Å². The highest BCUT2D eigenvalue weighted by Gasteiger charge is 2.39. The summed E-state index contributed by atoms with van der Waals surface area (Å²) in [5.41, 5.74) is 5.58. The summed E-state index contributed by atoms with van der Waals surface area (Å²) >= 11 is 0. The Hall–Kier alpha value is -1.36. The Labute approximate surface area is 88.7 Å². The predicted octanol–water partition coefficient (Wildman–Crippen LogP) is -0.574. The summed E-state index contributed by atoms with van der Waals surface area (Å²) in [5.74, 6) is 1.11. The van der Waals surface area contributed by atoms with Gasteiger partial charge in [0, 0.05) is 38.4 Å². The lowest BCUT2D eigenvalue weighted by atomic mass is 10.3. The lowest BCUT2D eigenvalue weighted by Crippen LogP contribution is -2.29. The summed E-state index contributed by atoms with van der Waals surface area (Å²) in [5, 5.41) is 2.87. The normalized spacial score (nSPS) is 23.9. The van der Waals surface area contributed by atoms with Gasteiger partial charge in [0.2, 0.25) is 5.91 Å². The van der Waals surface area contributed by atoms with Gasteiger partial charge in [-0.05, 0) is 6.42 Å². The second-order valence-corrected chi connectivity index (χ2v) is 4.00. The molecule has 1 aliphatic rings. The number of hydrogen-bond donors (Lipinski definition) is 2. The third-order valence-corrected chi connectivity index (χ3v) is 2.75. The van der Waals surface area contributed by atoms with E-state index in [1.54, 1.807) is 6.20 Å². The van der Waals surface area contributed by atoms with Gasteiger partial charge in [-0.3, -0.25) is 4.79 Å². The molecule has 15 heavy (non-hydrogen) atoms. The highest BCUT2D eigenvalue weighted by Crippen LogP contribution is 2.27. The Balaban J connectivity index is 1.71. The minimum absolute atomic E-state index is 0.0476. The van der Waals surface area contributed by atoms with Gasteiger partial charge < -0.3 is 15.6 Å². The molecule has 0 aromatic carbocycles. The first-order valence-electron chi connectivity index (χ1n) is 5.18. The molecule has 2 rings (SSSR count). The number of carbonyl (C=O) groups is 1. The van der Waals surface area contributed by atoms with Gasteiger partial charge in [-0.2, -0.15) is 0 Å². The molecule has 82 valence electrons. The van der Waals surface area contributed by atoms with E-state index in [0.29, 0.717) is 6.54 Å². The first kappa shape index (κ1) is 10.2. The van der Waals surface area contributed by atoms with Crippen molar-refractivity contribution < 1.29 is 4.79 Å². The number of aromatic nitrogens is 2. The molecule has 1 fully saturated rings. The Bertz CT molecular complexity index is 360. The zero-order chi connectivity index (χ0) is 10.8. The quantitative estimate of drug-likeness (QED) is 0.695.